The van der Waals surface area contributed by atoms with E-state index in [1.54, 1.807) is 13.1 Å². The zero-order valence-corrected chi connectivity index (χ0v) is 17.4. The number of furan rings is 1. The lowest BCUT2D eigenvalue weighted by molar-refractivity contribution is -0.135. The number of aliphatic imine (C=N–C) groups is 1. The van der Waals surface area contributed by atoms with Crippen LogP contribution in [0.3, 0.4) is 0 Å². The molecule has 2 amide bonds. The van der Waals surface area contributed by atoms with E-state index in [9.17, 15) is 9.59 Å². The summed E-state index contributed by atoms with van der Waals surface area (Å²) in [4.78, 5) is 30.2. The van der Waals surface area contributed by atoms with Crippen LogP contribution in [0.15, 0.2) is 21.7 Å². The van der Waals surface area contributed by atoms with Crippen molar-refractivity contribution in [2.45, 2.75) is 46.1 Å². The monoisotopic (exact) mass is 391 g/mol. The number of nitrogens with one attached hydrogen (secondary N) is 3. The van der Waals surface area contributed by atoms with Crippen LogP contribution in [0.4, 0.5) is 0 Å². The van der Waals surface area contributed by atoms with Gasteiger partial charge in [-0.05, 0) is 32.3 Å². The molecule has 1 aromatic rings. The van der Waals surface area contributed by atoms with Crippen LogP contribution in [0.2, 0.25) is 0 Å². The van der Waals surface area contributed by atoms with Gasteiger partial charge in [0.15, 0.2) is 11.7 Å². The van der Waals surface area contributed by atoms with Crippen molar-refractivity contribution in [1.82, 2.24) is 20.9 Å². The highest BCUT2D eigenvalue weighted by Gasteiger charge is 2.24. The highest BCUT2D eigenvalue weighted by molar-refractivity contribution is 5.92. The summed E-state index contributed by atoms with van der Waals surface area (Å²) in [5, 5.41) is 9.55. The van der Waals surface area contributed by atoms with Gasteiger partial charge in [-0.15, -0.1) is 0 Å². The average molecular weight is 392 g/mol. The molecular formula is C20H33N5O3. The van der Waals surface area contributed by atoms with Gasteiger partial charge in [0.25, 0.3) is 5.91 Å². The van der Waals surface area contributed by atoms with Crippen molar-refractivity contribution >= 4 is 17.8 Å². The number of carbonyl (C=O) groups excluding carboxylic acids is 2. The molecule has 0 spiro atoms. The second-order valence-electron chi connectivity index (χ2n) is 7.44. The molecule has 1 aliphatic heterocycles. The first-order chi connectivity index (χ1) is 13.4. The van der Waals surface area contributed by atoms with E-state index in [0.29, 0.717) is 24.9 Å². The quantitative estimate of drug-likeness (QED) is 0.372. The lowest BCUT2D eigenvalue weighted by Gasteiger charge is -2.34. The van der Waals surface area contributed by atoms with Gasteiger partial charge in [0.1, 0.15) is 0 Å². The third-order valence-corrected chi connectivity index (χ3v) is 4.86. The molecule has 0 atom stereocenters. The molecule has 1 aromatic heterocycles. The van der Waals surface area contributed by atoms with Crippen LogP contribution in [0.25, 0.3) is 0 Å². The van der Waals surface area contributed by atoms with E-state index in [2.05, 4.69) is 20.9 Å². The van der Waals surface area contributed by atoms with Gasteiger partial charge in [0.05, 0.1) is 6.26 Å². The lowest BCUT2D eigenvalue weighted by atomic mass is 10.0. The summed E-state index contributed by atoms with van der Waals surface area (Å²) in [6.45, 7) is 8.54. The maximum Gasteiger partial charge on any atom is 0.287 e. The highest BCUT2D eigenvalue weighted by Crippen LogP contribution is 2.13. The Hall–Kier alpha value is -2.51. The number of carbonyl (C=O) groups is 2. The molecule has 3 N–H and O–H groups in total. The van der Waals surface area contributed by atoms with Crippen LogP contribution in [0, 0.1) is 12.8 Å². The highest BCUT2D eigenvalue weighted by atomic mass is 16.3. The third-order valence-electron chi connectivity index (χ3n) is 4.86. The summed E-state index contributed by atoms with van der Waals surface area (Å²) < 4.78 is 5.18. The van der Waals surface area contributed by atoms with Crippen molar-refractivity contribution in [1.29, 1.82) is 0 Å². The minimum Gasteiger partial charge on any atom is -0.459 e. The number of hydrogen-bond acceptors (Lipinski definition) is 4. The fourth-order valence-electron chi connectivity index (χ4n) is 3.18. The smallest absolute Gasteiger partial charge is 0.287 e. The van der Waals surface area contributed by atoms with Gasteiger partial charge < -0.3 is 25.3 Å². The number of amides is 2. The molecule has 2 rings (SSSR count). The van der Waals surface area contributed by atoms with Crippen molar-refractivity contribution in [3.8, 4) is 0 Å². The van der Waals surface area contributed by atoms with Crippen molar-refractivity contribution in [3.05, 3.63) is 23.7 Å². The summed E-state index contributed by atoms with van der Waals surface area (Å²) in [7, 11) is 1.74. The van der Waals surface area contributed by atoms with Crippen LogP contribution in [0.1, 0.15) is 49.2 Å². The molecular weight excluding hydrogens is 358 g/mol. The zero-order valence-electron chi connectivity index (χ0n) is 17.4. The Morgan fingerprint density at radius 3 is 2.50 bits per heavy atom. The molecule has 1 saturated heterocycles. The Balaban J connectivity index is 1.62. The molecule has 1 aliphatic rings. The second-order valence-corrected chi connectivity index (χ2v) is 7.44. The Labute approximate surface area is 167 Å². The number of likely N-dealkylation sites (tertiary alicyclic amines) is 1. The Morgan fingerprint density at radius 2 is 1.93 bits per heavy atom. The lowest BCUT2D eigenvalue weighted by Crippen LogP contribution is -2.50. The van der Waals surface area contributed by atoms with E-state index in [-0.39, 0.29) is 17.7 Å². The molecule has 156 valence electrons. The zero-order chi connectivity index (χ0) is 20.5. The Morgan fingerprint density at radius 1 is 1.25 bits per heavy atom. The summed E-state index contributed by atoms with van der Waals surface area (Å²) >= 11 is 0. The first-order valence-corrected chi connectivity index (χ1v) is 10.0. The molecule has 0 aliphatic carbocycles. The first-order valence-electron chi connectivity index (χ1n) is 10.0. The number of rotatable bonds is 7. The molecule has 1 fully saturated rings. The second kappa shape index (κ2) is 10.7. The van der Waals surface area contributed by atoms with E-state index in [0.717, 1.165) is 43.9 Å². The Kier molecular flexibility index (Phi) is 8.35. The van der Waals surface area contributed by atoms with Crippen LogP contribution in [0.5, 0.6) is 0 Å². The van der Waals surface area contributed by atoms with Crippen molar-refractivity contribution in [3.63, 3.8) is 0 Å². The van der Waals surface area contributed by atoms with Crippen LogP contribution in [-0.4, -0.2) is 61.9 Å². The third kappa shape index (κ3) is 6.28. The summed E-state index contributed by atoms with van der Waals surface area (Å²) in [5.74, 6) is 1.21. The number of hydrogen-bond donors (Lipinski definition) is 3. The van der Waals surface area contributed by atoms with Gasteiger partial charge in [0.2, 0.25) is 5.91 Å². The molecule has 0 unspecified atom stereocenters. The molecule has 0 aromatic carbocycles. The molecule has 0 bridgehead atoms. The number of piperidine rings is 1. The van der Waals surface area contributed by atoms with Gasteiger partial charge in [0, 0.05) is 50.7 Å². The minimum atomic E-state index is -0.187. The van der Waals surface area contributed by atoms with E-state index < -0.39 is 0 Å². The largest absolute Gasteiger partial charge is 0.459 e. The fraction of sp³-hybridized carbons (Fsp3) is 0.650. The maximum absolute atomic E-state index is 12.1. The van der Waals surface area contributed by atoms with Gasteiger partial charge in [-0.25, -0.2) is 0 Å². The van der Waals surface area contributed by atoms with E-state index in [4.69, 9.17) is 4.42 Å². The molecule has 28 heavy (non-hydrogen) atoms. The average Bonchev–Trinajstić information content (AvgIpc) is 3.12. The summed E-state index contributed by atoms with van der Waals surface area (Å²) in [6, 6.07) is 2.08. The number of guanidine groups is 1. The topological polar surface area (TPSA) is 99.0 Å². The first kappa shape index (κ1) is 21.8. The van der Waals surface area contributed by atoms with Crippen LogP contribution >= 0.6 is 0 Å². The minimum absolute atomic E-state index is 0.0520. The van der Waals surface area contributed by atoms with Gasteiger partial charge in [-0.2, -0.15) is 0 Å². The predicted octanol–water partition coefficient (Wildman–Crippen LogP) is 1.52. The molecule has 0 radical (unpaired) electrons. The van der Waals surface area contributed by atoms with Crippen LogP contribution in [-0.2, 0) is 4.79 Å². The molecule has 8 nitrogen and oxygen atoms in total. The SMILES string of the molecule is CN=C(NCCCNC(=O)c1occc1C)NC1CCN(C(=O)C(C)C)CC1. The van der Waals surface area contributed by atoms with E-state index in [1.807, 2.05) is 25.7 Å². The Bertz CT molecular complexity index is 675. The fourth-order valence-corrected chi connectivity index (χ4v) is 3.18. The van der Waals surface area contributed by atoms with Crippen molar-refractivity contribution < 1.29 is 14.0 Å². The van der Waals surface area contributed by atoms with E-state index in [1.165, 1.54) is 6.26 Å². The summed E-state index contributed by atoms with van der Waals surface area (Å²) in [5.41, 5.74) is 0.835. The van der Waals surface area contributed by atoms with Crippen molar-refractivity contribution in [2.75, 3.05) is 33.2 Å². The van der Waals surface area contributed by atoms with Crippen LogP contribution < -0.4 is 16.0 Å². The van der Waals surface area contributed by atoms with Gasteiger partial charge in [-0.3, -0.25) is 14.6 Å². The normalized spacial score (nSPS) is 15.6. The maximum atomic E-state index is 12.1. The van der Waals surface area contributed by atoms with Crippen molar-refractivity contribution in [2.24, 2.45) is 10.9 Å². The van der Waals surface area contributed by atoms with Gasteiger partial charge in [-0.1, -0.05) is 13.8 Å². The van der Waals surface area contributed by atoms with Gasteiger partial charge >= 0.3 is 0 Å². The predicted molar refractivity (Wildman–Crippen MR) is 109 cm³/mol. The number of nitrogens with zero attached hydrogens (tertiary/aromatic N) is 2. The van der Waals surface area contributed by atoms with E-state index >= 15 is 0 Å². The molecule has 0 saturated carbocycles. The summed E-state index contributed by atoms with van der Waals surface area (Å²) in [6.07, 6.45) is 4.12. The molecule has 8 heteroatoms. The number of aryl methyl sites for hydroxylation is 1. The molecule has 2 heterocycles. The standard InChI is InChI=1S/C20H33N5O3/c1-14(2)19(27)25-11-6-16(7-12-25)24-20(21-4)23-10-5-9-22-18(26)17-15(3)8-13-28-17/h8,13-14,16H,5-7,9-12H2,1-4H3,(H,22,26)(H2,21,23,24).